The van der Waals surface area contributed by atoms with E-state index in [9.17, 15) is 9.18 Å². The summed E-state index contributed by atoms with van der Waals surface area (Å²) in [5.41, 5.74) is 1.53. The van der Waals surface area contributed by atoms with E-state index in [1.807, 2.05) is 25.1 Å². The van der Waals surface area contributed by atoms with Gasteiger partial charge in [-0.2, -0.15) is 0 Å². The molecule has 3 nitrogen and oxygen atoms in total. The first kappa shape index (κ1) is 16.0. The molecule has 0 aliphatic rings. The van der Waals surface area contributed by atoms with Gasteiger partial charge < -0.3 is 10.1 Å². The van der Waals surface area contributed by atoms with Crippen LogP contribution in [0.25, 0.3) is 0 Å². The van der Waals surface area contributed by atoms with Gasteiger partial charge >= 0.3 is 0 Å². The molecule has 0 saturated carbocycles. The number of benzene rings is 2. The van der Waals surface area contributed by atoms with Crippen molar-refractivity contribution in [1.82, 2.24) is 5.32 Å². The Labute approximate surface area is 130 Å². The van der Waals surface area contributed by atoms with Crippen LogP contribution >= 0.6 is 0 Å². The first-order chi connectivity index (χ1) is 10.6. The fourth-order valence-electron chi connectivity index (χ4n) is 2.21. The molecule has 1 unspecified atom stereocenters. The molecule has 2 aromatic carbocycles. The number of hydrogen-bond donors (Lipinski definition) is 1. The van der Waals surface area contributed by atoms with Gasteiger partial charge in [0.15, 0.2) is 11.6 Å². The van der Waals surface area contributed by atoms with E-state index in [4.69, 9.17) is 4.74 Å². The molecule has 0 spiro atoms. The van der Waals surface area contributed by atoms with Crippen LogP contribution in [0.4, 0.5) is 4.39 Å². The molecule has 0 radical (unpaired) electrons. The Hall–Kier alpha value is -2.36. The minimum atomic E-state index is -0.535. The highest BCUT2D eigenvalue weighted by Crippen LogP contribution is 2.17. The van der Waals surface area contributed by atoms with Crippen LogP contribution in [0.1, 0.15) is 29.3 Å². The van der Waals surface area contributed by atoms with Crippen molar-refractivity contribution in [2.45, 2.75) is 25.8 Å². The van der Waals surface area contributed by atoms with Gasteiger partial charge in [-0.05, 0) is 43.5 Å². The summed E-state index contributed by atoms with van der Waals surface area (Å²) >= 11 is 0. The Morgan fingerprint density at radius 1 is 1.23 bits per heavy atom. The second-order valence-corrected chi connectivity index (χ2v) is 5.25. The molecule has 1 atom stereocenters. The summed E-state index contributed by atoms with van der Waals surface area (Å²) < 4.78 is 18.5. The van der Waals surface area contributed by atoms with Crippen molar-refractivity contribution in [2.24, 2.45) is 0 Å². The van der Waals surface area contributed by atoms with Gasteiger partial charge in [0.1, 0.15) is 0 Å². The average Bonchev–Trinajstić information content (AvgIpc) is 2.53. The fraction of sp³-hybridized carbons (Fsp3) is 0.278. The fourth-order valence-corrected chi connectivity index (χ4v) is 2.21. The molecule has 0 aliphatic carbocycles. The first-order valence-corrected chi connectivity index (χ1v) is 7.28. The number of halogens is 1. The molecule has 0 fully saturated rings. The average molecular weight is 301 g/mol. The second-order valence-electron chi connectivity index (χ2n) is 5.25. The molecule has 1 N–H and O–H groups in total. The maximum Gasteiger partial charge on any atom is 0.251 e. The molecule has 22 heavy (non-hydrogen) atoms. The van der Waals surface area contributed by atoms with Crippen LogP contribution in [0.3, 0.4) is 0 Å². The lowest BCUT2D eigenvalue weighted by atomic mass is 10.1. The van der Waals surface area contributed by atoms with Gasteiger partial charge in [0.05, 0.1) is 7.11 Å². The summed E-state index contributed by atoms with van der Waals surface area (Å²) in [5, 5.41) is 2.88. The Morgan fingerprint density at radius 3 is 2.59 bits per heavy atom. The zero-order chi connectivity index (χ0) is 15.9. The molecule has 2 rings (SSSR count). The van der Waals surface area contributed by atoms with Crippen molar-refractivity contribution in [3.05, 3.63) is 65.5 Å². The molecule has 4 heteroatoms. The summed E-state index contributed by atoms with van der Waals surface area (Å²) in [5.74, 6) is -0.678. The predicted molar refractivity (Wildman–Crippen MR) is 84.6 cm³/mol. The topological polar surface area (TPSA) is 38.3 Å². The van der Waals surface area contributed by atoms with Gasteiger partial charge in [-0.3, -0.25) is 4.79 Å². The molecule has 0 heterocycles. The largest absolute Gasteiger partial charge is 0.494 e. The number of carbonyl (C=O) groups excluding carboxylic acids is 1. The summed E-state index contributed by atoms with van der Waals surface area (Å²) in [6, 6.07) is 14.3. The highest BCUT2D eigenvalue weighted by atomic mass is 19.1. The molecular weight excluding hydrogens is 281 g/mol. The van der Waals surface area contributed by atoms with E-state index < -0.39 is 5.82 Å². The standard InChI is InChI=1S/C18H20FNO2/c1-13(8-9-14-6-4-3-5-7-14)20-18(21)15-10-11-17(22-2)16(19)12-15/h3-7,10-13H,8-9H2,1-2H3,(H,20,21). The normalized spacial score (nSPS) is 11.8. The number of methoxy groups -OCH3 is 1. The van der Waals surface area contributed by atoms with Crippen LogP contribution in [-0.2, 0) is 6.42 Å². The quantitative estimate of drug-likeness (QED) is 0.885. The van der Waals surface area contributed by atoms with Crippen molar-refractivity contribution in [3.8, 4) is 5.75 Å². The van der Waals surface area contributed by atoms with E-state index in [2.05, 4.69) is 17.4 Å². The molecule has 116 valence electrons. The summed E-state index contributed by atoms with van der Waals surface area (Å²) in [4.78, 5) is 12.1. The molecule has 0 aliphatic heterocycles. The number of rotatable bonds is 6. The van der Waals surface area contributed by atoms with E-state index in [-0.39, 0.29) is 17.7 Å². The summed E-state index contributed by atoms with van der Waals surface area (Å²) in [7, 11) is 1.39. The molecule has 0 bridgehead atoms. The van der Waals surface area contributed by atoms with Crippen LogP contribution in [0.2, 0.25) is 0 Å². The zero-order valence-corrected chi connectivity index (χ0v) is 12.8. The predicted octanol–water partition coefficient (Wildman–Crippen LogP) is 3.59. The van der Waals surface area contributed by atoms with E-state index in [1.165, 1.54) is 24.8 Å². The molecule has 0 aromatic heterocycles. The monoisotopic (exact) mass is 301 g/mol. The van der Waals surface area contributed by atoms with Gasteiger partial charge in [0.2, 0.25) is 0 Å². The number of ether oxygens (including phenoxy) is 1. The molecular formula is C18H20FNO2. The van der Waals surface area contributed by atoms with E-state index in [0.717, 1.165) is 12.8 Å². The Kier molecular flexibility index (Phi) is 5.53. The highest BCUT2D eigenvalue weighted by Gasteiger charge is 2.12. The minimum Gasteiger partial charge on any atom is -0.494 e. The van der Waals surface area contributed by atoms with Crippen LogP contribution in [-0.4, -0.2) is 19.1 Å². The lowest BCUT2D eigenvalue weighted by Gasteiger charge is -2.14. The maximum atomic E-state index is 13.6. The van der Waals surface area contributed by atoms with Crippen LogP contribution in [0.5, 0.6) is 5.75 Å². The smallest absolute Gasteiger partial charge is 0.251 e. The SMILES string of the molecule is COc1ccc(C(=O)NC(C)CCc2ccccc2)cc1F. The van der Waals surface area contributed by atoms with Gasteiger partial charge in [-0.15, -0.1) is 0 Å². The van der Waals surface area contributed by atoms with E-state index in [0.29, 0.717) is 5.56 Å². The maximum absolute atomic E-state index is 13.6. The minimum absolute atomic E-state index is 0.0119. The lowest BCUT2D eigenvalue weighted by molar-refractivity contribution is 0.0938. The van der Waals surface area contributed by atoms with E-state index in [1.54, 1.807) is 6.07 Å². The van der Waals surface area contributed by atoms with Crippen LogP contribution < -0.4 is 10.1 Å². The van der Waals surface area contributed by atoms with Gasteiger partial charge in [0.25, 0.3) is 5.91 Å². The van der Waals surface area contributed by atoms with Gasteiger partial charge in [-0.1, -0.05) is 30.3 Å². The first-order valence-electron chi connectivity index (χ1n) is 7.28. The van der Waals surface area contributed by atoms with Gasteiger partial charge in [0, 0.05) is 11.6 Å². The third kappa shape index (κ3) is 4.32. The van der Waals surface area contributed by atoms with Crippen molar-refractivity contribution >= 4 is 5.91 Å². The summed E-state index contributed by atoms with van der Waals surface area (Å²) in [6.07, 6.45) is 1.72. The lowest BCUT2D eigenvalue weighted by Crippen LogP contribution is -2.32. The Bertz CT molecular complexity index is 628. The van der Waals surface area contributed by atoms with Crippen LogP contribution in [0, 0.1) is 5.82 Å². The van der Waals surface area contributed by atoms with Crippen molar-refractivity contribution in [1.29, 1.82) is 0 Å². The van der Waals surface area contributed by atoms with E-state index >= 15 is 0 Å². The Balaban J connectivity index is 1.89. The van der Waals surface area contributed by atoms with Gasteiger partial charge in [-0.25, -0.2) is 4.39 Å². The van der Waals surface area contributed by atoms with Crippen molar-refractivity contribution < 1.29 is 13.9 Å². The zero-order valence-electron chi connectivity index (χ0n) is 12.8. The number of aryl methyl sites for hydroxylation is 1. The molecule has 0 saturated heterocycles. The highest BCUT2D eigenvalue weighted by molar-refractivity contribution is 5.94. The Morgan fingerprint density at radius 2 is 1.95 bits per heavy atom. The van der Waals surface area contributed by atoms with Crippen LogP contribution in [0.15, 0.2) is 48.5 Å². The number of hydrogen-bond acceptors (Lipinski definition) is 2. The molecule has 1 amide bonds. The van der Waals surface area contributed by atoms with Crippen molar-refractivity contribution in [2.75, 3.05) is 7.11 Å². The molecule has 2 aromatic rings. The number of nitrogens with one attached hydrogen (secondary N) is 1. The van der Waals surface area contributed by atoms with Crippen molar-refractivity contribution in [3.63, 3.8) is 0 Å². The third-order valence-corrected chi connectivity index (χ3v) is 3.50. The summed E-state index contributed by atoms with van der Waals surface area (Å²) in [6.45, 7) is 1.95. The second kappa shape index (κ2) is 7.59. The third-order valence-electron chi connectivity index (χ3n) is 3.50. The number of amides is 1. The number of carbonyl (C=O) groups is 1.